The molecule has 32 heavy (non-hydrogen) atoms. The third-order valence-corrected chi connectivity index (χ3v) is 5.93. The predicted octanol–water partition coefficient (Wildman–Crippen LogP) is 6.88. The van der Waals surface area contributed by atoms with Crippen molar-refractivity contribution in [2.24, 2.45) is 0 Å². The van der Waals surface area contributed by atoms with Crippen molar-refractivity contribution >= 4 is 17.1 Å². The number of aliphatic hydroxyl groups is 1. The van der Waals surface area contributed by atoms with Crippen LogP contribution in [0.3, 0.4) is 0 Å². The normalized spacial score (nSPS) is 11.9. The zero-order valence-corrected chi connectivity index (χ0v) is 17.9. The van der Waals surface area contributed by atoms with E-state index in [0.29, 0.717) is 10.6 Å². The summed E-state index contributed by atoms with van der Waals surface area (Å²) >= 11 is 6.09. The summed E-state index contributed by atoms with van der Waals surface area (Å²) in [5, 5.41) is 21.8. The van der Waals surface area contributed by atoms with Crippen LogP contribution in [-0.2, 0) is 0 Å². The van der Waals surface area contributed by atoms with Gasteiger partial charge in [0.2, 0.25) is 0 Å². The van der Waals surface area contributed by atoms with Gasteiger partial charge in [-0.25, -0.2) is 0 Å². The fraction of sp³-hybridized carbons (Fsp3) is 0.0357. The minimum absolute atomic E-state index is 0.541. The number of fused-ring (bicyclic) bond motifs is 1. The molecule has 0 bridgehead atoms. The van der Waals surface area contributed by atoms with Gasteiger partial charge in [0.05, 0.1) is 22.8 Å². The maximum atomic E-state index is 11.6. The second-order valence-corrected chi connectivity index (χ2v) is 8.04. The van der Waals surface area contributed by atoms with E-state index in [4.69, 9.17) is 11.6 Å². The lowest BCUT2D eigenvalue weighted by atomic mass is 9.92. The van der Waals surface area contributed by atoms with E-state index in [1.807, 2.05) is 72.9 Å². The molecule has 154 valence electrons. The number of hydrogen-bond acceptors (Lipinski definition) is 2. The summed E-state index contributed by atoms with van der Waals surface area (Å²) in [7, 11) is 0. The first-order chi connectivity index (χ1) is 15.7. The number of aliphatic hydroxyl groups excluding tert-OH is 1. The quantitative estimate of drug-likeness (QED) is 0.335. The van der Waals surface area contributed by atoms with Crippen molar-refractivity contribution < 1.29 is 5.11 Å². The lowest BCUT2D eigenvalue weighted by Crippen LogP contribution is -2.01. The van der Waals surface area contributed by atoms with Crippen LogP contribution in [-0.4, -0.2) is 9.51 Å². The largest absolute Gasteiger partial charge is 0.384 e. The van der Waals surface area contributed by atoms with Gasteiger partial charge in [-0.1, -0.05) is 84.4 Å². The van der Waals surface area contributed by atoms with Crippen molar-refractivity contribution in [3.63, 3.8) is 0 Å². The molecule has 0 fully saturated rings. The maximum absolute atomic E-state index is 11.6. The van der Waals surface area contributed by atoms with E-state index in [9.17, 15) is 10.4 Å². The SMILES string of the molecule is N#Cc1ccn2c(-c3ccccc3)c(-c3ccccc3)c(C(O)c3ccc(Cl)cc3)c2c1. The molecule has 0 aliphatic heterocycles. The van der Waals surface area contributed by atoms with Gasteiger partial charge in [-0.05, 0) is 41.0 Å². The molecule has 3 nitrogen and oxygen atoms in total. The highest BCUT2D eigenvalue weighted by Crippen LogP contribution is 2.44. The highest BCUT2D eigenvalue weighted by atomic mass is 35.5. The van der Waals surface area contributed by atoms with Gasteiger partial charge in [0, 0.05) is 22.3 Å². The van der Waals surface area contributed by atoms with Gasteiger partial charge in [0.25, 0.3) is 0 Å². The summed E-state index contributed by atoms with van der Waals surface area (Å²) in [5.74, 6) is 0. The van der Waals surface area contributed by atoms with Gasteiger partial charge >= 0.3 is 0 Å². The molecule has 0 saturated heterocycles. The molecule has 2 heterocycles. The molecule has 5 rings (SSSR count). The molecule has 2 aromatic heterocycles. The third kappa shape index (κ3) is 3.46. The Morgan fingerprint density at radius 1 is 0.812 bits per heavy atom. The number of rotatable bonds is 4. The molecule has 0 radical (unpaired) electrons. The Balaban J connectivity index is 1.91. The number of aromatic nitrogens is 1. The summed E-state index contributed by atoms with van der Waals surface area (Å²) in [6.45, 7) is 0. The molecule has 5 aromatic rings. The Bertz CT molecular complexity index is 1430. The van der Waals surface area contributed by atoms with Crippen LogP contribution in [0.5, 0.6) is 0 Å². The van der Waals surface area contributed by atoms with Gasteiger partial charge < -0.3 is 9.51 Å². The summed E-state index contributed by atoms with van der Waals surface area (Å²) < 4.78 is 2.06. The van der Waals surface area contributed by atoms with E-state index < -0.39 is 6.10 Å². The number of nitriles is 1. The standard InChI is InChI=1S/C28H19ClN2O/c29-23-13-11-22(12-14-23)28(32)26-24-17-19(18-30)15-16-31(24)27(21-9-5-2-6-10-21)25(26)20-7-3-1-4-8-20/h1-17,28,32H. The highest BCUT2D eigenvalue weighted by Gasteiger charge is 2.26. The maximum Gasteiger partial charge on any atom is 0.107 e. The fourth-order valence-electron chi connectivity index (χ4n) is 4.21. The molecular formula is C28H19ClN2O. The van der Waals surface area contributed by atoms with Crippen molar-refractivity contribution in [3.8, 4) is 28.5 Å². The molecule has 4 heteroatoms. The molecule has 0 aliphatic rings. The highest BCUT2D eigenvalue weighted by molar-refractivity contribution is 6.30. The first-order valence-electron chi connectivity index (χ1n) is 10.3. The number of benzene rings is 3. The monoisotopic (exact) mass is 434 g/mol. The van der Waals surface area contributed by atoms with Crippen molar-refractivity contribution in [2.75, 3.05) is 0 Å². The van der Waals surface area contributed by atoms with Gasteiger partial charge in [0.1, 0.15) is 6.10 Å². The van der Waals surface area contributed by atoms with Crippen LogP contribution in [0.4, 0.5) is 0 Å². The molecule has 1 atom stereocenters. The third-order valence-electron chi connectivity index (χ3n) is 5.68. The average molecular weight is 435 g/mol. The van der Waals surface area contributed by atoms with Crippen LogP contribution in [0, 0.1) is 11.3 Å². The smallest absolute Gasteiger partial charge is 0.107 e. The van der Waals surface area contributed by atoms with Gasteiger partial charge in [-0.15, -0.1) is 0 Å². The Kier molecular flexibility index (Phi) is 5.25. The van der Waals surface area contributed by atoms with Crippen LogP contribution < -0.4 is 0 Å². The molecule has 3 aromatic carbocycles. The van der Waals surface area contributed by atoms with Crippen LogP contribution in [0.1, 0.15) is 22.8 Å². The second kappa shape index (κ2) is 8.36. The number of nitrogens with zero attached hydrogens (tertiary/aromatic N) is 2. The van der Waals surface area contributed by atoms with Crippen molar-refractivity contribution in [2.45, 2.75) is 6.10 Å². The Labute approximate surface area is 191 Å². The number of pyridine rings is 1. The summed E-state index contributed by atoms with van der Waals surface area (Å²) in [6.07, 6.45) is 1.00. The second-order valence-electron chi connectivity index (χ2n) is 7.61. The minimum Gasteiger partial charge on any atom is -0.384 e. The van der Waals surface area contributed by atoms with E-state index in [-0.39, 0.29) is 0 Å². The molecule has 0 saturated carbocycles. The van der Waals surface area contributed by atoms with Gasteiger partial charge in [-0.3, -0.25) is 0 Å². The fourth-order valence-corrected chi connectivity index (χ4v) is 4.34. The first kappa shape index (κ1) is 20.1. The zero-order valence-electron chi connectivity index (χ0n) is 17.1. The predicted molar refractivity (Wildman–Crippen MR) is 128 cm³/mol. The lowest BCUT2D eigenvalue weighted by Gasteiger charge is -2.15. The van der Waals surface area contributed by atoms with E-state index in [1.165, 1.54) is 0 Å². The Morgan fingerprint density at radius 3 is 2.06 bits per heavy atom. The van der Waals surface area contributed by atoms with Crippen molar-refractivity contribution in [3.05, 3.63) is 125 Å². The summed E-state index contributed by atoms with van der Waals surface area (Å²) in [6, 6.07) is 33.3. The van der Waals surface area contributed by atoms with E-state index in [2.05, 4.69) is 22.6 Å². The van der Waals surface area contributed by atoms with Gasteiger partial charge in [-0.2, -0.15) is 5.26 Å². The lowest BCUT2D eigenvalue weighted by molar-refractivity contribution is 0.222. The van der Waals surface area contributed by atoms with Crippen LogP contribution in [0.25, 0.3) is 27.9 Å². The topological polar surface area (TPSA) is 48.4 Å². The first-order valence-corrected chi connectivity index (χ1v) is 10.7. The van der Waals surface area contributed by atoms with Crippen LogP contribution in [0.2, 0.25) is 5.02 Å². The number of halogens is 1. The summed E-state index contributed by atoms with van der Waals surface area (Å²) in [4.78, 5) is 0. The molecule has 0 spiro atoms. The van der Waals surface area contributed by atoms with Gasteiger partial charge in [0.15, 0.2) is 0 Å². The minimum atomic E-state index is -0.899. The molecule has 0 aliphatic carbocycles. The summed E-state index contributed by atoms with van der Waals surface area (Å²) in [5.41, 5.74) is 6.77. The van der Waals surface area contributed by atoms with E-state index in [0.717, 1.165) is 39.0 Å². The van der Waals surface area contributed by atoms with Crippen molar-refractivity contribution in [1.29, 1.82) is 5.26 Å². The molecule has 0 amide bonds. The average Bonchev–Trinajstić information content (AvgIpc) is 3.19. The molecule has 1 unspecified atom stereocenters. The number of hydrogen-bond donors (Lipinski definition) is 1. The van der Waals surface area contributed by atoms with Crippen molar-refractivity contribution in [1.82, 2.24) is 4.40 Å². The van der Waals surface area contributed by atoms with E-state index in [1.54, 1.807) is 18.2 Å². The molecule has 1 N–H and O–H groups in total. The van der Waals surface area contributed by atoms with Crippen LogP contribution in [0.15, 0.2) is 103 Å². The molecular weight excluding hydrogens is 416 g/mol. The van der Waals surface area contributed by atoms with Crippen LogP contribution >= 0.6 is 11.6 Å². The zero-order chi connectivity index (χ0) is 22.1. The van der Waals surface area contributed by atoms with E-state index >= 15 is 0 Å². The Hall–Kier alpha value is -3.84. The Morgan fingerprint density at radius 2 is 1.44 bits per heavy atom.